The zero-order valence-corrected chi connectivity index (χ0v) is 13.7. The number of benzene rings is 2. The van der Waals surface area contributed by atoms with E-state index in [1.807, 2.05) is 62.4 Å². The van der Waals surface area contributed by atoms with Gasteiger partial charge in [-0.05, 0) is 25.5 Å². The maximum Gasteiger partial charge on any atom is 0.190 e. The molecule has 0 bridgehead atoms. The first-order valence-electron chi connectivity index (χ1n) is 8.08. The van der Waals surface area contributed by atoms with Gasteiger partial charge in [-0.15, -0.1) is 0 Å². The topological polar surface area (TPSA) is 55.2 Å². The Hall–Kier alpha value is -2.88. The highest BCUT2D eigenvalue weighted by molar-refractivity contribution is 6.23. The number of ketones is 1. The van der Waals surface area contributed by atoms with Crippen LogP contribution in [0, 0.1) is 0 Å². The van der Waals surface area contributed by atoms with Gasteiger partial charge in [-0.25, -0.2) is 4.98 Å². The van der Waals surface area contributed by atoms with E-state index in [0.29, 0.717) is 17.7 Å². The third kappa shape index (κ3) is 2.14. The predicted molar refractivity (Wildman–Crippen MR) is 94.6 cm³/mol. The first-order chi connectivity index (χ1) is 11.6. The van der Waals surface area contributed by atoms with Crippen LogP contribution in [0.15, 0.2) is 59.7 Å². The molecule has 24 heavy (non-hydrogen) atoms. The Balaban J connectivity index is 1.97. The molecule has 1 aliphatic heterocycles. The second-order valence-corrected chi connectivity index (χ2v) is 6.21. The fourth-order valence-electron chi connectivity index (χ4n) is 3.04. The Morgan fingerprint density at radius 1 is 0.958 bits per heavy atom. The molecule has 1 unspecified atom stereocenters. The Bertz CT molecular complexity index is 993. The molecule has 1 atom stereocenters. The lowest BCUT2D eigenvalue weighted by Crippen LogP contribution is -2.39. The molecule has 118 valence electrons. The van der Waals surface area contributed by atoms with Crippen molar-refractivity contribution >= 4 is 22.5 Å². The summed E-state index contributed by atoms with van der Waals surface area (Å²) in [5.74, 6) is 0.0677. The molecule has 0 amide bonds. The van der Waals surface area contributed by atoms with Crippen LogP contribution in [0.3, 0.4) is 0 Å². The molecule has 1 aromatic heterocycles. The van der Waals surface area contributed by atoms with Gasteiger partial charge in [-0.3, -0.25) is 14.8 Å². The zero-order valence-electron chi connectivity index (χ0n) is 13.7. The number of Topliss-reactive ketones (excluding diaryl/α,β-unsaturated/α-hetero) is 1. The van der Waals surface area contributed by atoms with Crippen molar-refractivity contribution in [1.29, 1.82) is 0 Å². The van der Waals surface area contributed by atoms with Crippen molar-refractivity contribution in [1.82, 2.24) is 9.97 Å². The van der Waals surface area contributed by atoms with Gasteiger partial charge >= 0.3 is 0 Å². The van der Waals surface area contributed by atoms with Crippen LogP contribution in [0.25, 0.3) is 11.0 Å². The van der Waals surface area contributed by atoms with Crippen LogP contribution in [0.2, 0.25) is 0 Å². The standard InChI is InChI=1S/C20H17N3O/c1-3-20(2)19(24)14-9-5-4-8-13(14)18(23-20)17-12-21-15-10-6-7-11-16(15)22-17/h4-12H,3H2,1-2H3. The number of carbonyl (C=O) groups is 1. The number of carbonyl (C=O) groups excluding carboxylic acids is 1. The number of aliphatic imine (C=N–C) groups is 1. The normalized spacial score (nSPS) is 19.9. The molecule has 1 aliphatic rings. The minimum atomic E-state index is -0.753. The van der Waals surface area contributed by atoms with Crippen molar-refractivity contribution in [3.05, 3.63) is 71.5 Å². The van der Waals surface area contributed by atoms with Gasteiger partial charge < -0.3 is 0 Å². The molecular formula is C20H17N3O. The number of nitrogens with zero attached hydrogens (tertiary/aromatic N) is 3. The molecule has 4 rings (SSSR count). The molecule has 4 heteroatoms. The fourth-order valence-corrected chi connectivity index (χ4v) is 3.04. The number of hydrogen-bond acceptors (Lipinski definition) is 4. The van der Waals surface area contributed by atoms with Crippen molar-refractivity contribution in [2.45, 2.75) is 25.8 Å². The molecule has 4 nitrogen and oxygen atoms in total. The van der Waals surface area contributed by atoms with Crippen LogP contribution in [0.5, 0.6) is 0 Å². The van der Waals surface area contributed by atoms with Crippen LogP contribution in [-0.4, -0.2) is 27.0 Å². The van der Waals surface area contributed by atoms with Gasteiger partial charge in [0, 0.05) is 11.1 Å². The molecular weight excluding hydrogens is 298 g/mol. The minimum Gasteiger partial charge on any atom is -0.291 e. The Morgan fingerprint density at radius 3 is 2.38 bits per heavy atom. The van der Waals surface area contributed by atoms with Crippen LogP contribution < -0.4 is 0 Å². The summed E-state index contributed by atoms with van der Waals surface area (Å²) in [6.07, 6.45) is 2.38. The van der Waals surface area contributed by atoms with Crippen molar-refractivity contribution < 1.29 is 4.79 Å². The Labute approximate surface area is 140 Å². The van der Waals surface area contributed by atoms with Gasteiger partial charge in [-0.1, -0.05) is 43.3 Å². The third-order valence-electron chi connectivity index (χ3n) is 4.65. The summed E-state index contributed by atoms with van der Waals surface area (Å²) in [5, 5.41) is 0. The Kier molecular flexibility index (Phi) is 3.27. The Morgan fingerprint density at radius 2 is 1.62 bits per heavy atom. The number of rotatable bonds is 2. The van der Waals surface area contributed by atoms with E-state index in [1.165, 1.54) is 0 Å². The molecule has 0 saturated heterocycles. The van der Waals surface area contributed by atoms with E-state index in [-0.39, 0.29) is 5.78 Å². The molecule has 0 fully saturated rings. The second kappa shape index (κ2) is 5.34. The largest absolute Gasteiger partial charge is 0.291 e. The highest BCUT2D eigenvalue weighted by Gasteiger charge is 2.38. The number of hydrogen-bond donors (Lipinski definition) is 0. The number of para-hydroxylation sites is 2. The first-order valence-corrected chi connectivity index (χ1v) is 8.08. The van der Waals surface area contributed by atoms with E-state index in [0.717, 1.165) is 22.3 Å². The molecule has 0 radical (unpaired) electrons. The van der Waals surface area contributed by atoms with Crippen LogP contribution >= 0.6 is 0 Å². The van der Waals surface area contributed by atoms with E-state index in [9.17, 15) is 4.79 Å². The minimum absolute atomic E-state index is 0.0677. The summed E-state index contributed by atoms with van der Waals surface area (Å²) >= 11 is 0. The number of fused-ring (bicyclic) bond motifs is 2. The summed E-state index contributed by atoms with van der Waals surface area (Å²) in [6.45, 7) is 3.87. The van der Waals surface area contributed by atoms with E-state index < -0.39 is 5.54 Å². The van der Waals surface area contributed by atoms with Crippen molar-refractivity contribution in [2.24, 2.45) is 4.99 Å². The molecule has 3 aromatic rings. The molecule has 0 spiro atoms. The van der Waals surface area contributed by atoms with Gasteiger partial charge in [0.2, 0.25) is 0 Å². The number of aromatic nitrogens is 2. The quantitative estimate of drug-likeness (QED) is 0.722. The van der Waals surface area contributed by atoms with E-state index in [1.54, 1.807) is 6.20 Å². The third-order valence-corrected chi connectivity index (χ3v) is 4.65. The maximum absolute atomic E-state index is 12.8. The first kappa shape index (κ1) is 14.7. The fraction of sp³-hybridized carbons (Fsp3) is 0.200. The van der Waals surface area contributed by atoms with E-state index in [4.69, 9.17) is 9.98 Å². The highest BCUT2D eigenvalue weighted by Crippen LogP contribution is 2.31. The van der Waals surface area contributed by atoms with Crippen molar-refractivity contribution in [2.75, 3.05) is 0 Å². The van der Waals surface area contributed by atoms with E-state index >= 15 is 0 Å². The lowest BCUT2D eigenvalue weighted by Gasteiger charge is -2.29. The summed E-state index contributed by atoms with van der Waals surface area (Å²) in [5.41, 5.74) is 3.91. The lowest BCUT2D eigenvalue weighted by molar-refractivity contribution is 0.0896. The van der Waals surface area contributed by atoms with Gasteiger partial charge in [0.1, 0.15) is 11.2 Å². The summed E-state index contributed by atoms with van der Waals surface area (Å²) in [6, 6.07) is 15.4. The average molecular weight is 315 g/mol. The van der Waals surface area contributed by atoms with Crippen molar-refractivity contribution in [3.63, 3.8) is 0 Å². The summed E-state index contributed by atoms with van der Waals surface area (Å²) in [7, 11) is 0. The van der Waals surface area contributed by atoms with Crippen LogP contribution in [0.1, 0.15) is 41.9 Å². The van der Waals surface area contributed by atoms with Crippen LogP contribution in [-0.2, 0) is 0 Å². The highest BCUT2D eigenvalue weighted by atomic mass is 16.1. The predicted octanol–water partition coefficient (Wildman–Crippen LogP) is 3.83. The summed E-state index contributed by atoms with van der Waals surface area (Å²) in [4.78, 5) is 26.8. The zero-order chi connectivity index (χ0) is 16.7. The molecule has 0 N–H and O–H groups in total. The SMILES string of the molecule is CCC1(C)N=C(c2cnc3ccccc3n2)c2ccccc2C1=O. The van der Waals surface area contributed by atoms with Gasteiger partial charge in [-0.2, -0.15) is 0 Å². The van der Waals surface area contributed by atoms with Gasteiger partial charge in [0.05, 0.1) is 22.9 Å². The molecule has 0 saturated carbocycles. The maximum atomic E-state index is 12.8. The smallest absolute Gasteiger partial charge is 0.190 e. The van der Waals surface area contributed by atoms with Gasteiger partial charge in [0.15, 0.2) is 5.78 Å². The van der Waals surface area contributed by atoms with E-state index in [2.05, 4.69) is 4.98 Å². The van der Waals surface area contributed by atoms with Gasteiger partial charge in [0.25, 0.3) is 0 Å². The molecule has 2 heterocycles. The lowest BCUT2D eigenvalue weighted by atomic mass is 9.82. The van der Waals surface area contributed by atoms with Crippen LogP contribution in [0.4, 0.5) is 0 Å². The second-order valence-electron chi connectivity index (χ2n) is 6.21. The average Bonchev–Trinajstić information content (AvgIpc) is 2.64. The molecule has 0 aliphatic carbocycles. The summed E-state index contributed by atoms with van der Waals surface area (Å²) < 4.78 is 0. The van der Waals surface area contributed by atoms with Crippen molar-refractivity contribution in [3.8, 4) is 0 Å². The molecule has 2 aromatic carbocycles. The monoisotopic (exact) mass is 315 g/mol.